The number of allylic oxidation sites excluding steroid dienone is 10. The van der Waals surface area contributed by atoms with Gasteiger partial charge in [0.25, 0.3) is 0 Å². The molecule has 0 spiro atoms. The van der Waals surface area contributed by atoms with Crippen LogP contribution in [0.1, 0.15) is 162 Å². The summed E-state index contributed by atoms with van der Waals surface area (Å²) in [6.07, 6.45) is 44.3. The molecule has 8 heteroatoms. The molecular weight excluding hydrogens is 679 g/mol. The van der Waals surface area contributed by atoms with E-state index in [1.54, 1.807) is 0 Å². The lowest BCUT2D eigenvalue weighted by Crippen LogP contribution is -2.50. The Kier molecular flexibility index (Phi) is 34.9. The maximum absolute atomic E-state index is 12.6. The second-order valence-electron chi connectivity index (χ2n) is 15.2. The van der Waals surface area contributed by atoms with E-state index in [2.05, 4.69) is 68.5 Å². The summed E-state index contributed by atoms with van der Waals surface area (Å²) < 4.78 is 17.1. The zero-order valence-electron chi connectivity index (χ0n) is 35.2. The van der Waals surface area contributed by atoms with Crippen LogP contribution < -0.4 is 0 Å². The van der Waals surface area contributed by atoms with Crippen molar-refractivity contribution in [3.8, 4) is 0 Å². The summed E-state index contributed by atoms with van der Waals surface area (Å²) >= 11 is 0. The Labute approximate surface area is 330 Å². The summed E-state index contributed by atoms with van der Waals surface area (Å²) in [5, 5.41) is 9.58. The van der Waals surface area contributed by atoms with Gasteiger partial charge in [-0.2, -0.15) is 0 Å². The molecule has 1 N–H and O–H groups in total. The third-order valence-corrected chi connectivity index (χ3v) is 9.16. The molecule has 0 aliphatic rings. The van der Waals surface area contributed by atoms with Crippen molar-refractivity contribution in [2.75, 3.05) is 41.0 Å². The number of carbonyl (C=O) groups is 3. The van der Waals surface area contributed by atoms with Gasteiger partial charge in [-0.1, -0.05) is 139 Å². The third kappa shape index (κ3) is 34.8. The average Bonchev–Trinajstić information content (AvgIpc) is 3.12. The van der Waals surface area contributed by atoms with Crippen LogP contribution in [0.4, 0.5) is 0 Å². The predicted octanol–water partition coefficient (Wildman–Crippen LogP) is 11.4. The number of nitrogens with zero attached hydrogens (tertiary/aromatic N) is 1. The molecule has 0 aliphatic heterocycles. The molecule has 0 aromatic carbocycles. The number of hydrogen-bond donors (Lipinski definition) is 1. The summed E-state index contributed by atoms with van der Waals surface area (Å²) in [6.45, 7) is 4.52. The zero-order chi connectivity index (χ0) is 40.0. The number of aliphatic carboxylic acids is 1. The highest BCUT2D eigenvalue weighted by atomic mass is 16.6. The number of hydrogen-bond acceptors (Lipinski definition) is 6. The van der Waals surface area contributed by atoms with Crippen LogP contribution >= 0.6 is 0 Å². The number of carboxylic acid groups (broad SMARTS) is 1. The number of rotatable bonds is 37. The van der Waals surface area contributed by atoms with Gasteiger partial charge in [0.15, 0.2) is 12.1 Å². The van der Waals surface area contributed by atoms with Gasteiger partial charge in [-0.05, 0) is 64.2 Å². The highest BCUT2D eigenvalue weighted by molar-refractivity contribution is 5.72. The van der Waals surface area contributed by atoms with E-state index < -0.39 is 18.1 Å². The van der Waals surface area contributed by atoms with Gasteiger partial charge in [-0.3, -0.25) is 9.59 Å². The molecule has 0 heterocycles. The Morgan fingerprint density at radius 1 is 0.574 bits per heavy atom. The largest absolute Gasteiger partial charge is 0.477 e. The van der Waals surface area contributed by atoms with E-state index in [0.29, 0.717) is 19.3 Å². The van der Waals surface area contributed by atoms with E-state index >= 15 is 0 Å². The minimum Gasteiger partial charge on any atom is -0.477 e. The predicted molar refractivity (Wildman–Crippen MR) is 224 cm³/mol. The highest BCUT2D eigenvalue weighted by Gasteiger charge is 2.31. The zero-order valence-corrected chi connectivity index (χ0v) is 35.2. The molecule has 8 nitrogen and oxygen atoms in total. The molecule has 54 heavy (non-hydrogen) atoms. The van der Waals surface area contributed by atoms with Crippen molar-refractivity contribution in [3.05, 3.63) is 60.8 Å². The Balaban J connectivity index is 4.23. The number of carbonyl (C=O) groups excluding carboxylic acids is 2. The minimum atomic E-state index is -0.884. The van der Waals surface area contributed by atoms with Crippen molar-refractivity contribution in [3.63, 3.8) is 0 Å². The van der Waals surface area contributed by atoms with Gasteiger partial charge < -0.3 is 23.8 Å². The van der Waals surface area contributed by atoms with Crippen LogP contribution in [0.2, 0.25) is 0 Å². The fraction of sp³-hybridized carbons (Fsp3) is 0.717. The van der Waals surface area contributed by atoms with Crippen molar-refractivity contribution in [1.29, 1.82) is 0 Å². The number of esters is 2. The van der Waals surface area contributed by atoms with Gasteiger partial charge in [0.2, 0.25) is 0 Å². The molecule has 0 aromatic heterocycles. The van der Waals surface area contributed by atoms with Crippen LogP contribution in [0.3, 0.4) is 0 Å². The Hall–Kier alpha value is -2.97. The van der Waals surface area contributed by atoms with E-state index in [9.17, 15) is 19.5 Å². The standard InChI is InChI=1S/C46H79NO7/c1-6-8-10-12-14-16-17-18-19-20-21-22-23-24-25-26-27-28-29-31-32-34-36-44(48)53-41-42(40-52-39-38-43(46(50)51)47(3,4)5)54-45(49)37-35-33-30-15-13-11-9-7-2/h8,10,14,16,18-19,21-22,30,33,42-43H,6-7,9,11-13,15,17,20,23-29,31-32,34-41H2,1-5H3/p+1/b10-8+,16-14+,19-18+,22-21+,33-30+. The van der Waals surface area contributed by atoms with Crippen molar-refractivity contribution < 1.29 is 38.2 Å². The molecule has 0 aliphatic carbocycles. The maximum atomic E-state index is 12.6. The molecule has 0 saturated carbocycles. The van der Waals surface area contributed by atoms with Crippen molar-refractivity contribution in [2.45, 2.75) is 174 Å². The SMILES string of the molecule is CC/C=C/C/C=C/C/C=C/C/C=C/CCCCCCCCCCCC(=O)OCC(COCCC(C(=O)O)[N+](C)(C)C)OC(=O)CC/C=C/CCCCCC. The topological polar surface area (TPSA) is 99.1 Å². The molecule has 2 atom stereocenters. The van der Waals surface area contributed by atoms with Crippen LogP contribution in [-0.4, -0.2) is 80.6 Å². The van der Waals surface area contributed by atoms with Gasteiger partial charge in [0.05, 0.1) is 34.4 Å². The average molecular weight is 759 g/mol. The third-order valence-electron chi connectivity index (χ3n) is 9.16. The molecule has 0 bridgehead atoms. The first-order valence-corrected chi connectivity index (χ1v) is 21.3. The second-order valence-corrected chi connectivity index (χ2v) is 15.2. The summed E-state index contributed by atoms with van der Waals surface area (Å²) in [4.78, 5) is 36.8. The number of unbranched alkanes of at least 4 members (excludes halogenated alkanes) is 13. The summed E-state index contributed by atoms with van der Waals surface area (Å²) in [5.41, 5.74) is 0. The fourth-order valence-electron chi connectivity index (χ4n) is 5.86. The second kappa shape index (κ2) is 37.0. The van der Waals surface area contributed by atoms with Gasteiger partial charge in [0, 0.05) is 19.3 Å². The van der Waals surface area contributed by atoms with Crippen LogP contribution in [0, 0.1) is 0 Å². The molecule has 0 fully saturated rings. The number of ether oxygens (including phenoxy) is 3. The first-order valence-electron chi connectivity index (χ1n) is 21.3. The molecule has 0 aromatic rings. The van der Waals surface area contributed by atoms with Crippen molar-refractivity contribution in [2.24, 2.45) is 0 Å². The number of likely N-dealkylation sites (N-methyl/N-ethyl adjacent to an activating group) is 1. The van der Waals surface area contributed by atoms with E-state index in [4.69, 9.17) is 14.2 Å². The van der Waals surface area contributed by atoms with Crippen molar-refractivity contribution >= 4 is 17.9 Å². The van der Waals surface area contributed by atoms with Gasteiger partial charge >= 0.3 is 17.9 Å². The van der Waals surface area contributed by atoms with E-state index in [1.165, 1.54) is 57.8 Å². The first-order chi connectivity index (χ1) is 26.1. The lowest BCUT2D eigenvalue weighted by atomic mass is 10.1. The van der Waals surface area contributed by atoms with Gasteiger partial charge in [-0.15, -0.1) is 0 Å². The molecular formula is C46H80NO7+. The van der Waals surface area contributed by atoms with Gasteiger partial charge in [-0.25, -0.2) is 4.79 Å². The van der Waals surface area contributed by atoms with E-state index in [-0.39, 0.29) is 42.7 Å². The smallest absolute Gasteiger partial charge is 0.362 e. The van der Waals surface area contributed by atoms with Crippen molar-refractivity contribution in [1.82, 2.24) is 0 Å². The van der Waals surface area contributed by atoms with Crippen LogP contribution in [0.25, 0.3) is 0 Å². The minimum absolute atomic E-state index is 0.0419. The summed E-state index contributed by atoms with van der Waals surface area (Å²) in [7, 11) is 5.50. The molecule has 0 radical (unpaired) electrons. The highest BCUT2D eigenvalue weighted by Crippen LogP contribution is 2.13. The molecule has 310 valence electrons. The molecule has 2 unspecified atom stereocenters. The number of carboxylic acids is 1. The lowest BCUT2D eigenvalue weighted by Gasteiger charge is -2.31. The number of quaternary nitrogens is 1. The van der Waals surface area contributed by atoms with Crippen LogP contribution in [0.5, 0.6) is 0 Å². The van der Waals surface area contributed by atoms with Crippen LogP contribution in [-0.2, 0) is 28.6 Å². The van der Waals surface area contributed by atoms with Crippen LogP contribution in [0.15, 0.2) is 60.8 Å². The maximum Gasteiger partial charge on any atom is 0.362 e. The Morgan fingerprint density at radius 3 is 1.63 bits per heavy atom. The quantitative estimate of drug-likeness (QED) is 0.0291. The first kappa shape index (κ1) is 51.0. The Morgan fingerprint density at radius 2 is 1.07 bits per heavy atom. The Bertz CT molecular complexity index is 1070. The molecule has 0 rings (SSSR count). The monoisotopic (exact) mass is 759 g/mol. The summed E-state index contributed by atoms with van der Waals surface area (Å²) in [5.74, 6) is -1.55. The molecule has 0 saturated heterocycles. The lowest BCUT2D eigenvalue weighted by molar-refractivity contribution is -0.887. The fourth-order valence-corrected chi connectivity index (χ4v) is 5.86. The summed E-state index contributed by atoms with van der Waals surface area (Å²) in [6, 6.07) is -0.621. The van der Waals surface area contributed by atoms with E-state index in [1.807, 2.05) is 27.2 Å². The normalized spacial score (nSPS) is 13.6. The molecule has 0 amide bonds. The van der Waals surface area contributed by atoms with Gasteiger partial charge in [0.1, 0.15) is 6.61 Å². The van der Waals surface area contributed by atoms with E-state index in [0.717, 1.165) is 64.2 Å².